The molecule has 0 spiro atoms. The number of esters is 1. The molecular weight excluding hydrogens is 468 g/mol. The molecule has 36 heavy (non-hydrogen) atoms. The summed E-state index contributed by atoms with van der Waals surface area (Å²) in [6, 6.07) is 5.24. The molecule has 0 radical (unpaired) electrons. The number of amides is 3. The Morgan fingerprint density at radius 2 is 1.56 bits per heavy atom. The van der Waals surface area contributed by atoms with E-state index in [4.69, 9.17) is 19.6 Å². The third kappa shape index (κ3) is 10.6. The topological polar surface area (TPSA) is 156 Å². The second-order valence-electron chi connectivity index (χ2n) is 9.28. The third-order valence-electron chi connectivity index (χ3n) is 4.60. The summed E-state index contributed by atoms with van der Waals surface area (Å²) in [7, 11) is 0. The molecule has 198 valence electrons. The Morgan fingerprint density at radius 1 is 0.972 bits per heavy atom. The van der Waals surface area contributed by atoms with Gasteiger partial charge in [-0.15, -0.1) is 0 Å². The summed E-state index contributed by atoms with van der Waals surface area (Å²) in [5, 5.41) is 15.5. The summed E-state index contributed by atoms with van der Waals surface area (Å²) in [5.41, 5.74) is 0.708. The van der Waals surface area contributed by atoms with Gasteiger partial charge in [-0.25, -0.2) is 14.4 Å². The van der Waals surface area contributed by atoms with E-state index in [-0.39, 0.29) is 17.7 Å². The van der Waals surface area contributed by atoms with Crippen LogP contribution in [-0.4, -0.2) is 47.8 Å². The van der Waals surface area contributed by atoms with Crippen LogP contribution in [-0.2, 0) is 23.8 Å². The van der Waals surface area contributed by atoms with Gasteiger partial charge in [0.2, 0.25) is 6.29 Å². The van der Waals surface area contributed by atoms with Crippen molar-refractivity contribution in [3.8, 4) is 0 Å². The van der Waals surface area contributed by atoms with E-state index in [1.807, 2.05) is 0 Å². The standard InChI is InChI=1S/C25H36N4O7/c1-9-15(4)21(30)27-18-12-10-17(11-13-18)20(26)29-23(32)35-16(5)34-22(31)19(14(2)3)28-24(33)36-25(6,7)8/h9-14,16,19H,1-8H3,(H,27,30)(H,28,33)(H2,26,29,32)/b15-9+/t16?,19-/m0/s1. The quantitative estimate of drug-likeness (QED) is 0.137. The number of allylic oxidation sites excluding steroid dienone is 1. The second-order valence-corrected chi connectivity index (χ2v) is 9.28. The van der Waals surface area contributed by atoms with Crippen LogP contribution in [0, 0.1) is 11.3 Å². The summed E-state index contributed by atoms with van der Waals surface area (Å²) >= 11 is 0. The van der Waals surface area contributed by atoms with E-state index >= 15 is 0 Å². The van der Waals surface area contributed by atoms with Crippen LogP contribution in [0.25, 0.3) is 0 Å². The lowest BCUT2D eigenvalue weighted by molar-refractivity contribution is -0.168. The summed E-state index contributed by atoms with van der Waals surface area (Å²) in [5.74, 6) is -1.63. The van der Waals surface area contributed by atoms with E-state index < -0.39 is 36.1 Å². The lowest BCUT2D eigenvalue weighted by Crippen LogP contribution is -2.48. The van der Waals surface area contributed by atoms with Gasteiger partial charge in [0, 0.05) is 23.7 Å². The maximum atomic E-state index is 12.5. The van der Waals surface area contributed by atoms with Crippen LogP contribution < -0.4 is 16.0 Å². The molecule has 2 atom stereocenters. The fourth-order valence-electron chi connectivity index (χ4n) is 2.63. The minimum Gasteiger partial charge on any atom is -0.444 e. The van der Waals surface area contributed by atoms with Gasteiger partial charge in [0.15, 0.2) is 0 Å². The van der Waals surface area contributed by atoms with Crippen molar-refractivity contribution in [2.75, 3.05) is 5.32 Å². The summed E-state index contributed by atoms with van der Waals surface area (Å²) in [6.45, 7) is 13.3. The van der Waals surface area contributed by atoms with Gasteiger partial charge in [-0.3, -0.25) is 15.5 Å². The zero-order chi connectivity index (χ0) is 27.6. The molecule has 1 aromatic rings. The fourth-order valence-corrected chi connectivity index (χ4v) is 2.63. The number of ether oxygens (including phenoxy) is 3. The number of hydrogen-bond donors (Lipinski definition) is 4. The van der Waals surface area contributed by atoms with Crippen molar-refractivity contribution in [3.05, 3.63) is 41.5 Å². The van der Waals surface area contributed by atoms with Crippen molar-refractivity contribution >= 4 is 35.6 Å². The second kappa shape index (κ2) is 13.3. The fraction of sp³-hybridized carbons (Fsp3) is 0.480. The molecule has 1 rings (SSSR count). The molecule has 0 aliphatic rings. The number of rotatable bonds is 8. The number of nitrogens with one attached hydrogen (secondary N) is 4. The number of amidine groups is 1. The van der Waals surface area contributed by atoms with Gasteiger partial charge in [-0.2, -0.15) is 0 Å². The van der Waals surface area contributed by atoms with Gasteiger partial charge < -0.3 is 24.8 Å². The van der Waals surface area contributed by atoms with Crippen LogP contribution in [0.4, 0.5) is 15.3 Å². The molecule has 3 amide bonds. The van der Waals surface area contributed by atoms with Crippen molar-refractivity contribution in [1.29, 1.82) is 5.41 Å². The maximum absolute atomic E-state index is 12.5. The Bertz CT molecular complexity index is 995. The Morgan fingerprint density at radius 3 is 2.06 bits per heavy atom. The number of anilines is 1. The molecule has 4 N–H and O–H groups in total. The molecule has 1 unspecified atom stereocenters. The Kier molecular flexibility index (Phi) is 11.1. The van der Waals surface area contributed by atoms with Gasteiger partial charge in [-0.05, 0) is 64.8 Å². The van der Waals surface area contributed by atoms with E-state index in [0.29, 0.717) is 16.8 Å². The van der Waals surface area contributed by atoms with E-state index in [9.17, 15) is 19.2 Å². The van der Waals surface area contributed by atoms with Crippen molar-refractivity contribution in [3.63, 3.8) is 0 Å². The number of benzene rings is 1. The molecule has 0 fully saturated rings. The first-order chi connectivity index (χ1) is 16.6. The van der Waals surface area contributed by atoms with Crippen molar-refractivity contribution in [2.24, 2.45) is 5.92 Å². The first kappa shape index (κ1) is 30.1. The molecule has 0 heterocycles. The minimum atomic E-state index is -1.29. The van der Waals surface area contributed by atoms with Crippen LogP contribution in [0.5, 0.6) is 0 Å². The zero-order valence-corrected chi connectivity index (χ0v) is 22.0. The Balaban J connectivity index is 2.63. The average molecular weight is 505 g/mol. The summed E-state index contributed by atoms with van der Waals surface area (Å²) in [4.78, 5) is 48.6. The molecule has 11 heteroatoms. The van der Waals surface area contributed by atoms with E-state index in [1.165, 1.54) is 6.92 Å². The summed E-state index contributed by atoms with van der Waals surface area (Å²) in [6.07, 6.45) is -1.39. The van der Waals surface area contributed by atoms with Crippen LogP contribution >= 0.6 is 0 Å². The predicted octanol–water partition coefficient (Wildman–Crippen LogP) is 4.08. The van der Waals surface area contributed by atoms with Gasteiger partial charge >= 0.3 is 18.2 Å². The lowest BCUT2D eigenvalue weighted by Gasteiger charge is -2.25. The minimum absolute atomic E-state index is 0.244. The van der Waals surface area contributed by atoms with Crippen LogP contribution in [0.1, 0.15) is 61.0 Å². The zero-order valence-electron chi connectivity index (χ0n) is 22.0. The van der Waals surface area contributed by atoms with E-state index in [1.54, 1.807) is 78.8 Å². The molecule has 0 saturated carbocycles. The van der Waals surface area contributed by atoms with Gasteiger partial charge in [0.05, 0.1) is 0 Å². The number of hydrogen-bond acceptors (Lipinski definition) is 8. The van der Waals surface area contributed by atoms with Crippen LogP contribution in [0.3, 0.4) is 0 Å². The van der Waals surface area contributed by atoms with E-state index in [2.05, 4.69) is 16.0 Å². The number of carbonyl (C=O) groups excluding carboxylic acids is 4. The highest BCUT2D eigenvalue weighted by molar-refractivity contribution is 6.06. The highest BCUT2D eigenvalue weighted by Gasteiger charge is 2.30. The maximum Gasteiger partial charge on any atom is 0.415 e. The highest BCUT2D eigenvalue weighted by Crippen LogP contribution is 2.12. The average Bonchev–Trinajstić information content (AvgIpc) is 2.75. The van der Waals surface area contributed by atoms with Gasteiger partial charge in [-0.1, -0.05) is 19.9 Å². The predicted molar refractivity (Wildman–Crippen MR) is 134 cm³/mol. The van der Waals surface area contributed by atoms with E-state index in [0.717, 1.165) is 0 Å². The lowest BCUT2D eigenvalue weighted by atomic mass is 10.1. The van der Waals surface area contributed by atoms with Gasteiger partial charge in [0.25, 0.3) is 5.91 Å². The Labute approximate surface area is 211 Å². The third-order valence-corrected chi connectivity index (χ3v) is 4.60. The smallest absolute Gasteiger partial charge is 0.415 e. The molecule has 0 saturated heterocycles. The molecule has 0 aliphatic carbocycles. The molecule has 1 aromatic carbocycles. The normalized spacial score (nSPS) is 13.2. The highest BCUT2D eigenvalue weighted by atomic mass is 16.7. The first-order valence-electron chi connectivity index (χ1n) is 11.4. The first-order valence-corrected chi connectivity index (χ1v) is 11.4. The molecule has 0 aliphatic heterocycles. The largest absolute Gasteiger partial charge is 0.444 e. The van der Waals surface area contributed by atoms with Gasteiger partial charge in [0.1, 0.15) is 17.5 Å². The SMILES string of the molecule is C/C=C(\C)C(=O)Nc1ccc(C(=N)NC(=O)OC(C)OC(=O)[C@@H](NC(=O)OC(C)(C)C)C(C)C)cc1. The molecule has 0 aromatic heterocycles. The van der Waals surface area contributed by atoms with Crippen LogP contribution in [0.2, 0.25) is 0 Å². The van der Waals surface area contributed by atoms with Crippen LogP contribution in [0.15, 0.2) is 35.9 Å². The summed E-state index contributed by atoms with van der Waals surface area (Å²) < 4.78 is 15.3. The molecular formula is C25H36N4O7. The van der Waals surface area contributed by atoms with Crippen molar-refractivity contribution < 1.29 is 33.4 Å². The molecule has 11 nitrogen and oxygen atoms in total. The van der Waals surface area contributed by atoms with Crippen molar-refractivity contribution in [1.82, 2.24) is 10.6 Å². The number of alkyl carbamates (subject to hydrolysis) is 2. The molecule has 0 bridgehead atoms. The Hall–Kier alpha value is -3.89. The van der Waals surface area contributed by atoms with Crippen molar-refractivity contribution in [2.45, 2.75) is 73.3 Å². The number of carbonyl (C=O) groups is 4. The monoisotopic (exact) mass is 504 g/mol.